The van der Waals surface area contributed by atoms with Gasteiger partial charge >= 0.3 is 0 Å². The van der Waals surface area contributed by atoms with Crippen molar-refractivity contribution in [2.24, 2.45) is 0 Å². The molecule has 0 saturated carbocycles. The van der Waals surface area contributed by atoms with Crippen molar-refractivity contribution in [1.29, 1.82) is 0 Å². The second-order valence-corrected chi connectivity index (χ2v) is 5.16. The van der Waals surface area contributed by atoms with Crippen LogP contribution in [0.3, 0.4) is 0 Å². The van der Waals surface area contributed by atoms with E-state index in [1.54, 1.807) is 4.68 Å². The normalized spacial score (nSPS) is 10.8. The predicted molar refractivity (Wildman–Crippen MR) is 85.9 cm³/mol. The molecule has 0 unspecified atom stereocenters. The Bertz CT molecular complexity index is 795. The molecule has 21 heavy (non-hydrogen) atoms. The minimum Gasteiger partial charge on any atom is -0.294 e. The molecule has 3 rings (SSSR count). The molecule has 2 aromatic carbocycles. The first-order valence-electron chi connectivity index (χ1n) is 7.17. The molecule has 106 valence electrons. The van der Waals surface area contributed by atoms with E-state index in [0.717, 1.165) is 28.9 Å². The van der Waals surface area contributed by atoms with E-state index in [2.05, 4.69) is 12.0 Å². The average molecular weight is 278 g/mol. The van der Waals surface area contributed by atoms with Crippen LogP contribution in [0.5, 0.6) is 0 Å². The van der Waals surface area contributed by atoms with Crippen LogP contribution in [0.1, 0.15) is 18.2 Å². The number of H-pyrrole nitrogens is 1. The van der Waals surface area contributed by atoms with Gasteiger partial charge in [0, 0.05) is 5.69 Å². The molecule has 3 heteroatoms. The Labute approximate surface area is 123 Å². The second kappa shape index (κ2) is 5.44. The Balaban J connectivity index is 2.20. The number of aryl methyl sites for hydroxylation is 2. The fourth-order valence-electron chi connectivity index (χ4n) is 2.52. The summed E-state index contributed by atoms with van der Waals surface area (Å²) in [6, 6.07) is 17.7. The molecule has 0 atom stereocenters. The van der Waals surface area contributed by atoms with Crippen LogP contribution < -0.4 is 5.56 Å². The zero-order chi connectivity index (χ0) is 14.8. The lowest BCUT2D eigenvalue weighted by Gasteiger charge is -2.00. The van der Waals surface area contributed by atoms with E-state index in [-0.39, 0.29) is 5.56 Å². The number of nitrogens with one attached hydrogen (secondary N) is 1. The summed E-state index contributed by atoms with van der Waals surface area (Å²) in [7, 11) is 0. The Hall–Kier alpha value is -2.55. The molecule has 3 aromatic rings. The maximum atomic E-state index is 12.8. The first kappa shape index (κ1) is 13.4. The molecule has 1 heterocycles. The van der Waals surface area contributed by atoms with Crippen molar-refractivity contribution >= 4 is 0 Å². The highest BCUT2D eigenvalue weighted by atomic mass is 16.1. The summed E-state index contributed by atoms with van der Waals surface area (Å²) >= 11 is 0. The van der Waals surface area contributed by atoms with Crippen molar-refractivity contribution in [1.82, 2.24) is 9.78 Å². The van der Waals surface area contributed by atoms with Crippen molar-refractivity contribution in [3.63, 3.8) is 0 Å². The fraction of sp³-hybridized carbons (Fsp3) is 0.167. The van der Waals surface area contributed by atoms with Gasteiger partial charge in [0.25, 0.3) is 5.56 Å². The van der Waals surface area contributed by atoms with E-state index < -0.39 is 0 Å². The van der Waals surface area contributed by atoms with Gasteiger partial charge in [0.05, 0.1) is 11.3 Å². The molecular weight excluding hydrogens is 260 g/mol. The van der Waals surface area contributed by atoms with Gasteiger partial charge in [0.1, 0.15) is 0 Å². The van der Waals surface area contributed by atoms with Gasteiger partial charge in [-0.15, -0.1) is 0 Å². The molecule has 0 saturated heterocycles. The summed E-state index contributed by atoms with van der Waals surface area (Å²) in [5, 5.41) is 3.23. The smallest absolute Gasteiger partial charge is 0.279 e. The lowest BCUT2D eigenvalue weighted by Crippen LogP contribution is -2.15. The van der Waals surface area contributed by atoms with Crippen LogP contribution in [0.2, 0.25) is 0 Å². The van der Waals surface area contributed by atoms with Crippen LogP contribution in [0.4, 0.5) is 0 Å². The van der Waals surface area contributed by atoms with Gasteiger partial charge in [0.2, 0.25) is 0 Å². The first-order valence-corrected chi connectivity index (χ1v) is 7.17. The Morgan fingerprint density at radius 2 is 1.67 bits per heavy atom. The molecule has 0 amide bonds. The third-order valence-electron chi connectivity index (χ3n) is 3.67. The highest BCUT2D eigenvalue weighted by Crippen LogP contribution is 2.21. The number of hydrogen-bond acceptors (Lipinski definition) is 1. The zero-order valence-electron chi connectivity index (χ0n) is 12.3. The summed E-state index contributed by atoms with van der Waals surface area (Å²) in [6.07, 6.45) is 0.790. The van der Waals surface area contributed by atoms with Crippen LogP contribution in [0.25, 0.3) is 16.8 Å². The summed E-state index contributed by atoms with van der Waals surface area (Å²) in [4.78, 5) is 12.8. The summed E-state index contributed by atoms with van der Waals surface area (Å²) in [5.74, 6) is 0. The van der Waals surface area contributed by atoms with E-state index >= 15 is 0 Å². The maximum Gasteiger partial charge on any atom is 0.279 e. The minimum absolute atomic E-state index is 0.00176. The van der Waals surface area contributed by atoms with E-state index in [1.807, 2.05) is 61.5 Å². The number of hydrogen-bond donors (Lipinski definition) is 1. The average Bonchev–Trinajstić information content (AvgIpc) is 2.86. The highest BCUT2D eigenvalue weighted by molar-refractivity contribution is 5.66. The number of rotatable bonds is 3. The van der Waals surface area contributed by atoms with Gasteiger partial charge in [-0.05, 0) is 31.0 Å². The monoisotopic (exact) mass is 278 g/mol. The predicted octanol–water partition coefficient (Wildman–Crippen LogP) is 3.70. The molecular formula is C18H18N2O. The Kier molecular flexibility index (Phi) is 3.48. The van der Waals surface area contributed by atoms with Crippen LogP contribution in [-0.2, 0) is 6.42 Å². The molecule has 0 aliphatic carbocycles. The number of nitrogens with zero attached hydrogens (tertiary/aromatic N) is 1. The Morgan fingerprint density at radius 1 is 1.00 bits per heavy atom. The number of aromatic amines is 1. The van der Waals surface area contributed by atoms with Crippen LogP contribution in [0, 0.1) is 6.92 Å². The molecule has 3 nitrogen and oxygen atoms in total. The van der Waals surface area contributed by atoms with Crippen LogP contribution >= 0.6 is 0 Å². The zero-order valence-corrected chi connectivity index (χ0v) is 12.3. The molecule has 0 fully saturated rings. The lowest BCUT2D eigenvalue weighted by atomic mass is 10.0. The molecule has 1 aromatic heterocycles. The number of para-hydroxylation sites is 1. The van der Waals surface area contributed by atoms with E-state index in [1.165, 1.54) is 5.56 Å². The quantitative estimate of drug-likeness (QED) is 0.779. The number of benzene rings is 2. The highest BCUT2D eigenvalue weighted by Gasteiger charge is 2.15. The minimum atomic E-state index is 0.00176. The van der Waals surface area contributed by atoms with E-state index in [4.69, 9.17) is 0 Å². The van der Waals surface area contributed by atoms with E-state index in [9.17, 15) is 4.79 Å². The second-order valence-electron chi connectivity index (χ2n) is 5.16. The largest absolute Gasteiger partial charge is 0.294 e. The molecule has 0 bridgehead atoms. The van der Waals surface area contributed by atoms with Crippen LogP contribution in [-0.4, -0.2) is 9.78 Å². The summed E-state index contributed by atoms with van der Waals surface area (Å²) in [5.41, 5.74) is 4.75. The van der Waals surface area contributed by atoms with Gasteiger partial charge in [-0.25, -0.2) is 4.68 Å². The van der Waals surface area contributed by atoms with E-state index in [0.29, 0.717) is 0 Å². The summed E-state index contributed by atoms with van der Waals surface area (Å²) < 4.78 is 1.62. The molecule has 0 aliphatic heterocycles. The molecule has 1 N–H and O–H groups in total. The standard InChI is InChI=1S/C18H18N2O/c1-3-16-17(14-11-9-13(2)10-12-14)18(21)20(19-16)15-7-5-4-6-8-15/h4-12,19H,3H2,1-2H3. The fourth-order valence-corrected chi connectivity index (χ4v) is 2.52. The Morgan fingerprint density at radius 3 is 2.29 bits per heavy atom. The maximum absolute atomic E-state index is 12.8. The topological polar surface area (TPSA) is 37.8 Å². The molecule has 0 spiro atoms. The van der Waals surface area contributed by atoms with Crippen molar-refractivity contribution in [2.45, 2.75) is 20.3 Å². The van der Waals surface area contributed by atoms with Gasteiger partial charge in [0.15, 0.2) is 0 Å². The van der Waals surface area contributed by atoms with Gasteiger partial charge in [-0.3, -0.25) is 9.89 Å². The van der Waals surface area contributed by atoms with Crippen molar-refractivity contribution in [3.8, 4) is 16.8 Å². The van der Waals surface area contributed by atoms with Crippen molar-refractivity contribution in [2.75, 3.05) is 0 Å². The molecule has 0 radical (unpaired) electrons. The SMILES string of the molecule is CCc1[nH]n(-c2ccccc2)c(=O)c1-c1ccc(C)cc1. The number of aromatic nitrogens is 2. The van der Waals surface area contributed by atoms with Crippen molar-refractivity contribution in [3.05, 3.63) is 76.2 Å². The molecule has 0 aliphatic rings. The van der Waals surface area contributed by atoms with Gasteiger partial charge in [-0.1, -0.05) is 55.0 Å². The summed E-state index contributed by atoms with van der Waals surface area (Å²) in [6.45, 7) is 4.10. The van der Waals surface area contributed by atoms with Crippen LogP contribution in [0.15, 0.2) is 59.4 Å². The first-order chi connectivity index (χ1) is 10.2. The third kappa shape index (κ3) is 2.42. The van der Waals surface area contributed by atoms with Crippen molar-refractivity contribution < 1.29 is 0 Å². The van der Waals surface area contributed by atoms with Gasteiger partial charge in [-0.2, -0.15) is 0 Å². The van der Waals surface area contributed by atoms with Gasteiger partial charge < -0.3 is 0 Å². The third-order valence-corrected chi connectivity index (χ3v) is 3.67. The lowest BCUT2D eigenvalue weighted by molar-refractivity contribution is 0.819.